The van der Waals surface area contributed by atoms with Crippen LogP contribution in [0.1, 0.15) is 22.7 Å². The van der Waals surface area contributed by atoms with Gasteiger partial charge in [-0.15, -0.1) is 0 Å². The SMILES string of the molecule is COCCN1C[C@@H](NC(=O)Nc2c(C)c(COC)nn2-c2ccccc2)[C@H](c2ccc(F)c(F)c2)C1. The van der Waals surface area contributed by atoms with Crippen molar-refractivity contribution < 1.29 is 23.0 Å². The maximum atomic E-state index is 14.0. The van der Waals surface area contributed by atoms with Crippen LogP contribution in [0.3, 0.4) is 0 Å². The van der Waals surface area contributed by atoms with E-state index in [1.54, 1.807) is 25.0 Å². The summed E-state index contributed by atoms with van der Waals surface area (Å²) in [4.78, 5) is 15.4. The van der Waals surface area contributed by atoms with Gasteiger partial charge in [0.2, 0.25) is 0 Å². The number of hydrogen-bond donors (Lipinski definition) is 2. The van der Waals surface area contributed by atoms with E-state index in [1.165, 1.54) is 6.07 Å². The first kappa shape index (κ1) is 25.7. The number of carbonyl (C=O) groups excluding carboxylic acids is 1. The second kappa shape index (κ2) is 11.6. The number of urea groups is 1. The van der Waals surface area contributed by atoms with Crippen LogP contribution in [0.15, 0.2) is 48.5 Å². The van der Waals surface area contributed by atoms with Gasteiger partial charge in [-0.3, -0.25) is 10.2 Å². The summed E-state index contributed by atoms with van der Waals surface area (Å²) in [6, 6.07) is 12.7. The number of aromatic nitrogens is 2. The summed E-state index contributed by atoms with van der Waals surface area (Å²) in [5.41, 5.74) is 2.93. The monoisotopic (exact) mass is 499 g/mol. The second-order valence-electron chi connectivity index (χ2n) is 8.84. The van der Waals surface area contributed by atoms with Crippen LogP contribution in [0, 0.1) is 18.6 Å². The lowest BCUT2D eigenvalue weighted by Gasteiger charge is -2.21. The number of hydrogen-bond acceptors (Lipinski definition) is 5. The fraction of sp³-hybridized carbons (Fsp3) is 0.385. The Hall–Kier alpha value is -3.34. The molecule has 2 aromatic carbocycles. The first-order valence-corrected chi connectivity index (χ1v) is 11.8. The summed E-state index contributed by atoms with van der Waals surface area (Å²) in [5, 5.41) is 10.6. The molecule has 2 N–H and O–H groups in total. The zero-order valence-corrected chi connectivity index (χ0v) is 20.6. The highest BCUT2D eigenvalue weighted by molar-refractivity contribution is 5.90. The van der Waals surface area contributed by atoms with E-state index in [4.69, 9.17) is 9.47 Å². The van der Waals surface area contributed by atoms with Gasteiger partial charge in [0, 0.05) is 45.3 Å². The van der Waals surface area contributed by atoms with Gasteiger partial charge >= 0.3 is 6.03 Å². The van der Waals surface area contributed by atoms with Gasteiger partial charge in [0.05, 0.1) is 30.6 Å². The molecule has 1 aromatic heterocycles. The Labute approximate surface area is 209 Å². The summed E-state index contributed by atoms with van der Waals surface area (Å²) in [6.45, 7) is 4.50. The van der Waals surface area contributed by atoms with Gasteiger partial charge in [-0.05, 0) is 36.8 Å². The van der Waals surface area contributed by atoms with Crippen molar-refractivity contribution in [2.45, 2.75) is 25.5 Å². The van der Waals surface area contributed by atoms with Crippen molar-refractivity contribution in [1.82, 2.24) is 20.0 Å². The Morgan fingerprint density at radius 3 is 2.56 bits per heavy atom. The Balaban J connectivity index is 1.56. The number of nitrogens with one attached hydrogen (secondary N) is 2. The standard InChI is InChI=1S/C26H31F2N5O3/c1-17-24(16-36-3)31-33(19-7-5-4-6-8-19)25(17)30-26(34)29-23-15-32(11-12-35-2)14-20(23)18-9-10-21(27)22(28)13-18/h4-10,13,20,23H,11-12,14-16H2,1-3H3,(H2,29,30,34)/t20-,23+/m0/s1. The second-order valence-corrected chi connectivity index (χ2v) is 8.84. The Bertz CT molecular complexity index is 1190. The molecular formula is C26H31F2N5O3. The van der Waals surface area contributed by atoms with Crippen molar-refractivity contribution in [1.29, 1.82) is 0 Å². The number of halogens is 2. The number of amides is 2. The lowest BCUT2D eigenvalue weighted by molar-refractivity contribution is 0.159. The molecule has 192 valence electrons. The van der Waals surface area contributed by atoms with E-state index >= 15 is 0 Å². The normalized spacial score (nSPS) is 17.9. The van der Waals surface area contributed by atoms with Crippen LogP contribution in [-0.2, 0) is 16.1 Å². The van der Waals surface area contributed by atoms with E-state index in [2.05, 4.69) is 20.6 Å². The lowest BCUT2D eigenvalue weighted by Crippen LogP contribution is -2.42. The molecule has 1 fully saturated rings. The highest BCUT2D eigenvalue weighted by Gasteiger charge is 2.35. The largest absolute Gasteiger partial charge is 0.383 e. The van der Waals surface area contributed by atoms with Crippen LogP contribution < -0.4 is 10.6 Å². The van der Waals surface area contributed by atoms with Crippen LogP contribution in [0.25, 0.3) is 5.69 Å². The number of benzene rings is 2. The Morgan fingerprint density at radius 1 is 1.08 bits per heavy atom. The molecule has 0 saturated carbocycles. The van der Waals surface area contributed by atoms with Crippen molar-refractivity contribution >= 4 is 11.8 Å². The maximum Gasteiger partial charge on any atom is 0.320 e. The molecular weight excluding hydrogens is 468 g/mol. The molecule has 2 amide bonds. The van der Waals surface area contributed by atoms with Crippen molar-refractivity contribution in [3.8, 4) is 5.69 Å². The summed E-state index contributed by atoms with van der Waals surface area (Å²) in [7, 11) is 3.22. The number of rotatable bonds is 9. The molecule has 2 heterocycles. The highest BCUT2D eigenvalue weighted by atomic mass is 19.2. The topological polar surface area (TPSA) is 80.7 Å². The van der Waals surface area contributed by atoms with E-state index in [1.807, 2.05) is 37.3 Å². The molecule has 10 heteroatoms. The molecule has 0 radical (unpaired) electrons. The number of para-hydroxylation sites is 1. The van der Waals surface area contributed by atoms with Crippen LogP contribution in [0.4, 0.5) is 19.4 Å². The Morgan fingerprint density at radius 2 is 1.86 bits per heavy atom. The van der Waals surface area contributed by atoms with Crippen LogP contribution in [0.5, 0.6) is 0 Å². The first-order chi connectivity index (χ1) is 17.4. The number of carbonyl (C=O) groups is 1. The van der Waals surface area contributed by atoms with Gasteiger partial charge in [-0.2, -0.15) is 5.10 Å². The van der Waals surface area contributed by atoms with Crippen molar-refractivity contribution in [2.75, 3.05) is 45.8 Å². The predicted octanol–water partition coefficient (Wildman–Crippen LogP) is 3.84. The van der Waals surface area contributed by atoms with E-state index in [9.17, 15) is 13.6 Å². The van der Waals surface area contributed by atoms with Gasteiger partial charge in [0.15, 0.2) is 11.6 Å². The molecule has 0 unspecified atom stereocenters. The fourth-order valence-electron chi connectivity index (χ4n) is 4.55. The van der Waals surface area contributed by atoms with E-state index in [0.29, 0.717) is 49.9 Å². The summed E-state index contributed by atoms with van der Waals surface area (Å²) >= 11 is 0. The number of methoxy groups -OCH3 is 2. The van der Waals surface area contributed by atoms with E-state index in [-0.39, 0.29) is 12.0 Å². The van der Waals surface area contributed by atoms with Crippen molar-refractivity contribution in [3.63, 3.8) is 0 Å². The molecule has 1 aliphatic rings. The van der Waals surface area contributed by atoms with E-state index in [0.717, 1.165) is 17.3 Å². The third-order valence-electron chi connectivity index (χ3n) is 6.43. The molecule has 36 heavy (non-hydrogen) atoms. The lowest BCUT2D eigenvalue weighted by atomic mass is 9.94. The van der Waals surface area contributed by atoms with Gasteiger partial charge in [0.1, 0.15) is 5.82 Å². The Kier molecular flexibility index (Phi) is 8.29. The third-order valence-corrected chi connectivity index (χ3v) is 6.43. The molecule has 8 nitrogen and oxygen atoms in total. The number of likely N-dealkylation sites (tertiary alicyclic amines) is 1. The quantitative estimate of drug-likeness (QED) is 0.468. The predicted molar refractivity (Wildman–Crippen MR) is 132 cm³/mol. The summed E-state index contributed by atoms with van der Waals surface area (Å²) < 4.78 is 39.7. The molecule has 1 aliphatic heterocycles. The van der Waals surface area contributed by atoms with Gasteiger partial charge in [0.25, 0.3) is 0 Å². The van der Waals surface area contributed by atoms with Gasteiger partial charge in [-0.1, -0.05) is 24.3 Å². The average molecular weight is 500 g/mol. The molecule has 0 spiro atoms. The van der Waals surface area contributed by atoms with Crippen LogP contribution in [-0.4, -0.2) is 67.2 Å². The molecule has 0 aliphatic carbocycles. The number of ether oxygens (including phenoxy) is 2. The average Bonchev–Trinajstić information content (AvgIpc) is 3.41. The smallest absolute Gasteiger partial charge is 0.320 e. The maximum absolute atomic E-state index is 14.0. The van der Waals surface area contributed by atoms with Crippen LogP contribution >= 0.6 is 0 Å². The molecule has 3 aromatic rings. The summed E-state index contributed by atoms with van der Waals surface area (Å²) in [6.07, 6.45) is 0. The highest BCUT2D eigenvalue weighted by Crippen LogP contribution is 2.29. The molecule has 2 atom stereocenters. The van der Waals surface area contributed by atoms with Crippen molar-refractivity contribution in [2.24, 2.45) is 0 Å². The molecule has 1 saturated heterocycles. The fourth-order valence-corrected chi connectivity index (χ4v) is 4.55. The molecule has 0 bridgehead atoms. The van der Waals surface area contributed by atoms with Crippen LogP contribution in [0.2, 0.25) is 0 Å². The minimum Gasteiger partial charge on any atom is -0.383 e. The van der Waals surface area contributed by atoms with E-state index < -0.39 is 17.7 Å². The minimum absolute atomic E-state index is 0.216. The van der Waals surface area contributed by atoms with Gasteiger partial charge in [-0.25, -0.2) is 18.3 Å². The minimum atomic E-state index is -0.904. The van der Waals surface area contributed by atoms with Crippen molar-refractivity contribution in [3.05, 3.63) is 77.0 Å². The number of anilines is 1. The number of nitrogens with zero attached hydrogens (tertiary/aromatic N) is 3. The zero-order chi connectivity index (χ0) is 25.7. The first-order valence-electron chi connectivity index (χ1n) is 11.8. The third kappa shape index (κ3) is 5.72. The molecule has 4 rings (SSSR count). The zero-order valence-electron chi connectivity index (χ0n) is 20.6. The summed E-state index contributed by atoms with van der Waals surface area (Å²) in [5.74, 6) is -1.48. The van der Waals surface area contributed by atoms with Gasteiger partial charge < -0.3 is 14.8 Å².